The predicted molar refractivity (Wildman–Crippen MR) is 50.9 cm³/mol. The Balaban J connectivity index is 2.43. The summed E-state index contributed by atoms with van der Waals surface area (Å²) in [6, 6.07) is 4.77. The first kappa shape index (κ1) is 8.05. The summed E-state index contributed by atoms with van der Waals surface area (Å²) in [7, 11) is 0. The highest BCUT2D eigenvalue weighted by atomic mass is 16.5. The molecule has 0 spiro atoms. The summed E-state index contributed by atoms with van der Waals surface area (Å²) >= 11 is 0. The maximum Gasteiger partial charge on any atom is 0.259 e. The van der Waals surface area contributed by atoms with Crippen LogP contribution in [-0.2, 0) is 0 Å². The van der Waals surface area contributed by atoms with Gasteiger partial charge in [-0.25, -0.2) is 0 Å². The summed E-state index contributed by atoms with van der Waals surface area (Å²) in [5.74, 6) is -0.805. The number of nitrogens with zero attached hydrogens (tertiary/aromatic N) is 1. The number of hydrogen-bond acceptors (Lipinski definition) is 3. The van der Waals surface area contributed by atoms with E-state index >= 15 is 0 Å². The van der Waals surface area contributed by atoms with Crippen LogP contribution in [0.25, 0.3) is 10.9 Å². The molecule has 2 heterocycles. The lowest BCUT2D eigenvalue weighted by molar-refractivity contribution is 0.0879. The van der Waals surface area contributed by atoms with E-state index in [0.717, 1.165) is 10.1 Å². The van der Waals surface area contributed by atoms with E-state index in [1.807, 2.05) is 0 Å². The van der Waals surface area contributed by atoms with Crippen molar-refractivity contribution in [2.45, 2.75) is 0 Å². The SMILES string of the molecule is O=C1NC(=O)c2cc3c(ccn3O)cc21. The van der Waals surface area contributed by atoms with Crippen molar-refractivity contribution in [2.24, 2.45) is 0 Å². The van der Waals surface area contributed by atoms with E-state index in [1.165, 1.54) is 12.3 Å². The summed E-state index contributed by atoms with van der Waals surface area (Å²) < 4.78 is 0.922. The first-order valence-corrected chi connectivity index (χ1v) is 4.37. The molecule has 15 heavy (non-hydrogen) atoms. The number of carbonyl (C=O) groups excluding carboxylic acids is 2. The Bertz CT molecular complexity index is 612. The molecule has 2 N–H and O–H groups in total. The zero-order valence-corrected chi connectivity index (χ0v) is 7.52. The molecule has 2 aromatic rings. The first-order chi connectivity index (χ1) is 7.16. The number of rotatable bonds is 0. The van der Waals surface area contributed by atoms with Crippen molar-refractivity contribution < 1.29 is 14.8 Å². The Morgan fingerprint density at radius 2 is 1.80 bits per heavy atom. The molecule has 0 unspecified atom stereocenters. The van der Waals surface area contributed by atoms with Crippen molar-refractivity contribution in [3.63, 3.8) is 0 Å². The second-order valence-electron chi connectivity index (χ2n) is 3.40. The molecule has 1 aromatic carbocycles. The molecule has 0 saturated heterocycles. The molecule has 3 rings (SSSR count). The second-order valence-corrected chi connectivity index (χ2v) is 3.40. The van der Waals surface area contributed by atoms with E-state index in [1.54, 1.807) is 12.1 Å². The quantitative estimate of drug-likeness (QED) is 0.489. The van der Waals surface area contributed by atoms with Crippen molar-refractivity contribution in [2.75, 3.05) is 0 Å². The summed E-state index contributed by atoms with van der Waals surface area (Å²) in [6.45, 7) is 0. The fraction of sp³-hybridized carbons (Fsp3) is 0. The molecule has 1 aromatic heterocycles. The van der Waals surface area contributed by atoms with Gasteiger partial charge in [-0.05, 0) is 18.2 Å². The average Bonchev–Trinajstić information content (AvgIpc) is 2.70. The van der Waals surface area contributed by atoms with E-state index in [9.17, 15) is 14.8 Å². The minimum Gasteiger partial charge on any atom is -0.428 e. The van der Waals surface area contributed by atoms with Crippen molar-refractivity contribution in [1.82, 2.24) is 10.0 Å². The highest BCUT2D eigenvalue weighted by molar-refractivity contribution is 6.23. The van der Waals surface area contributed by atoms with Crippen LogP contribution < -0.4 is 5.32 Å². The zero-order valence-electron chi connectivity index (χ0n) is 7.52. The number of benzene rings is 1. The van der Waals surface area contributed by atoms with Crippen molar-refractivity contribution in [1.29, 1.82) is 0 Å². The third-order valence-corrected chi connectivity index (χ3v) is 2.53. The number of nitrogens with one attached hydrogen (secondary N) is 1. The molecular weight excluding hydrogens is 196 g/mol. The van der Waals surface area contributed by atoms with E-state index < -0.39 is 5.91 Å². The lowest BCUT2D eigenvalue weighted by Crippen LogP contribution is -2.19. The zero-order chi connectivity index (χ0) is 10.6. The summed E-state index contributed by atoms with van der Waals surface area (Å²) in [4.78, 5) is 22.7. The van der Waals surface area contributed by atoms with Crippen LogP contribution in [0.1, 0.15) is 20.7 Å². The van der Waals surface area contributed by atoms with Gasteiger partial charge in [0.15, 0.2) is 0 Å². The van der Waals surface area contributed by atoms with Crippen molar-refractivity contribution in [3.8, 4) is 0 Å². The summed E-state index contributed by atoms with van der Waals surface area (Å²) in [5, 5.41) is 12.3. The molecule has 0 aliphatic carbocycles. The molecule has 0 bridgehead atoms. The minimum absolute atomic E-state index is 0.307. The van der Waals surface area contributed by atoms with Gasteiger partial charge in [0.05, 0.1) is 16.6 Å². The second kappa shape index (κ2) is 2.38. The van der Waals surface area contributed by atoms with Crippen LogP contribution in [0.2, 0.25) is 0 Å². The largest absolute Gasteiger partial charge is 0.428 e. The topological polar surface area (TPSA) is 71.3 Å². The van der Waals surface area contributed by atoms with Gasteiger partial charge in [0, 0.05) is 11.6 Å². The van der Waals surface area contributed by atoms with E-state index in [4.69, 9.17) is 0 Å². The Labute approximate surface area is 83.9 Å². The van der Waals surface area contributed by atoms with Crippen LogP contribution >= 0.6 is 0 Å². The smallest absolute Gasteiger partial charge is 0.259 e. The van der Waals surface area contributed by atoms with E-state index in [-0.39, 0.29) is 5.91 Å². The third kappa shape index (κ3) is 0.914. The predicted octanol–water partition coefficient (Wildman–Crippen LogP) is 0.762. The molecule has 74 valence electrons. The molecule has 0 radical (unpaired) electrons. The molecule has 5 nitrogen and oxygen atoms in total. The van der Waals surface area contributed by atoms with Crippen LogP contribution in [0.15, 0.2) is 24.4 Å². The Morgan fingerprint density at radius 3 is 2.53 bits per heavy atom. The highest BCUT2D eigenvalue weighted by Crippen LogP contribution is 2.23. The lowest BCUT2D eigenvalue weighted by atomic mass is 10.1. The Hall–Kier alpha value is -2.30. The highest BCUT2D eigenvalue weighted by Gasteiger charge is 2.27. The van der Waals surface area contributed by atoms with Crippen LogP contribution in [0.4, 0.5) is 0 Å². The molecule has 0 fully saturated rings. The number of carbonyl (C=O) groups is 2. The van der Waals surface area contributed by atoms with E-state index in [0.29, 0.717) is 16.6 Å². The van der Waals surface area contributed by atoms with Gasteiger partial charge in [-0.15, -0.1) is 0 Å². The number of aromatic nitrogens is 1. The molecule has 5 heteroatoms. The number of fused-ring (bicyclic) bond motifs is 2. The number of amides is 2. The fourth-order valence-electron chi connectivity index (χ4n) is 1.78. The van der Waals surface area contributed by atoms with Crippen LogP contribution in [0.5, 0.6) is 0 Å². The van der Waals surface area contributed by atoms with E-state index in [2.05, 4.69) is 5.32 Å². The van der Waals surface area contributed by atoms with Gasteiger partial charge < -0.3 is 5.21 Å². The molecular formula is C10H6N2O3. The molecule has 2 amide bonds. The minimum atomic E-state index is -0.418. The molecule has 0 saturated carbocycles. The Kier molecular flexibility index (Phi) is 1.28. The van der Waals surface area contributed by atoms with Gasteiger partial charge in [0.2, 0.25) is 0 Å². The normalized spacial score (nSPS) is 14.4. The number of hydrogen-bond donors (Lipinski definition) is 2. The monoisotopic (exact) mass is 202 g/mol. The summed E-state index contributed by atoms with van der Waals surface area (Å²) in [5.41, 5.74) is 1.18. The fourth-order valence-corrected chi connectivity index (χ4v) is 1.78. The van der Waals surface area contributed by atoms with Gasteiger partial charge in [0.1, 0.15) is 0 Å². The molecule has 1 aliphatic heterocycles. The number of imide groups is 1. The van der Waals surface area contributed by atoms with Crippen LogP contribution in [-0.4, -0.2) is 21.8 Å². The maximum absolute atomic E-state index is 11.3. The average molecular weight is 202 g/mol. The van der Waals surface area contributed by atoms with Gasteiger partial charge in [-0.2, -0.15) is 4.73 Å². The standard InChI is InChI=1S/C10H6N2O3/c13-9-6-3-5-1-2-12(15)8(5)4-7(6)10(14)11-9/h1-4,15H,(H,11,13,14). The van der Waals surface area contributed by atoms with Crippen molar-refractivity contribution in [3.05, 3.63) is 35.5 Å². The summed E-state index contributed by atoms with van der Waals surface area (Å²) in [6.07, 6.45) is 1.46. The van der Waals surface area contributed by atoms with Crippen LogP contribution in [0.3, 0.4) is 0 Å². The first-order valence-electron chi connectivity index (χ1n) is 4.37. The van der Waals surface area contributed by atoms with Gasteiger partial charge in [0.25, 0.3) is 11.8 Å². The van der Waals surface area contributed by atoms with Gasteiger partial charge >= 0.3 is 0 Å². The van der Waals surface area contributed by atoms with Crippen molar-refractivity contribution >= 4 is 22.7 Å². The van der Waals surface area contributed by atoms with Gasteiger partial charge in [-0.1, -0.05) is 0 Å². The third-order valence-electron chi connectivity index (χ3n) is 2.53. The molecule has 1 aliphatic rings. The maximum atomic E-state index is 11.3. The Morgan fingerprint density at radius 1 is 1.13 bits per heavy atom. The van der Waals surface area contributed by atoms with Gasteiger partial charge in [-0.3, -0.25) is 14.9 Å². The lowest BCUT2D eigenvalue weighted by Gasteiger charge is -1.97. The van der Waals surface area contributed by atoms with Crippen LogP contribution in [0, 0.1) is 0 Å². The molecule has 0 atom stereocenters.